The average Bonchev–Trinajstić information content (AvgIpc) is 3.09. The quantitative estimate of drug-likeness (QED) is 0.686. The monoisotopic (exact) mass is 343 g/mol. The summed E-state index contributed by atoms with van der Waals surface area (Å²) in [6.45, 7) is 5.24. The van der Waals surface area contributed by atoms with Crippen LogP contribution in [0.5, 0.6) is 0 Å². The van der Waals surface area contributed by atoms with Crippen LogP contribution >= 0.6 is 0 Å². The fourth-order valence-corrected chi connectivity index (χ4v) is 3.09. The highest BCUT2D eigenvalue weighted by Gasteiger charge is 2.18. The predicted molar refractivity (Wildman–Crippen MR) is 98.6 cm³/mol. The van der Waals surface area contributed by atoms with Gasteiger partial charge in [-0.2, -0.15) is 5.10 Å². The van der Waals surface area contributed by atoms with Crippen LogP contribution < -0.4 is 5.32 Å². The molecule has 0 atom stereocenters. The van der Waals surface area contributed by atoms with Gasteiger partial charge >= 0.3 is 0 Å². The fourth-order valence-electron chi connectivity index (χ4n) is 3.09. The summed E-state index contributed by atoms with van der Waals surface area (Å²) in [5.41, 5.74) is 1.86. The molecule has 0 radical (unpaired) electrons. The van der Waals surface area contributed by atoms with E-state index in [9.17, 15) is 4.39 Å². The molecule has 0 spiro atoms. The first-order chi connectivity index (χ1) is 12.2. The van der Waals surface area contributed by atoms with Gasteiger partial charge in [-0.3, -0.25) is 4.99 Å². The van der Waals surface area contributed by atoms with Crippen LogP contribution in [0.4, 0.5) is 4.39 Å². The van der Waals surface area contributed by atoms with E-state index in [4.69, 9.17) is 0 Å². The third-order valence-electron chi connectivity index (χ3n) is 4.69. The molecule has 1 N–H and O–H groups in total. The van der Waals surface area contributed by atoms with Crippen molar-refractivity contribution in [3.05, 3.63) is 48.0 Å². The van der Waals surface area contributed by atoms with E-state index in [0.29, 0.717) is 0 Å². The molecule has 0 amide bonds. The number of aromatic nitrogens is 2. The van der Waals surface area contributed by atoms with Gasteiger partial charge in [0.1, 0.15) is 5.82 Å². The molecule has 0 saturated carbocycles. The highest BCUT2D eigenvalue weighted by Crippen LogP contribution is 2.15. The third kappa shape index (κ3) is 4.59. The molecule has 1 fully saturated rings. The molecule has 0 aliphatic carbocycles. The predicted octanol–water partition coefficient (Wildman–Crippen LogP) is 2.86. The van der Waals surface area contributed by atoms with Gasteiger partial charge in [0.25, 0.3) is 0 Å². The summed E-state index contributed by atoms with van der Waals surface area (Å²) >= 11 is 0. The molecule has 5 nitrogen and oxygen atoms in total. The highest BCUT2D eigenvalue weighted by atomic mass is 19.1. The third-order valence-corrected chi connectivity index (χ3v) is 4.69. The van der Waals surface area contributed by atoms with Crippen molar-refractivity contribution in [2.75, 3.05) is 26.7 Å². The van der Waals surface area contributed by atoms with Crippen LogP contribution in [0, 0.1) is 11.7 Å². The second-order valence-electron chi connectivity index (χ2n) is 6.62. The van der Waals surface area contributed by atoms with Crippen LogP contribution in [0.1, 0.15) is 25.5 Å². The summed E-state index contributed by atoms with van der Waals surface area (Å²) in [7, 11) is 1.84. The number of hydrogen-bond donors (Lipinski definition) is 1. The Morgan fingerprint density at radius 2 is 1.96 bits per heavy atom. The molecule has 1 aliphatic heterocycles. The topological polar surface area (TPSA) is 45.5 Å². The molecular weight excluding hydrogens is 317 g/mol. The van der Waals surface area contributed by atoms with Crippen molar-refractivity contribution in [2.24, 2.45) is 10.9 Å². The number of rotatable bonds is 4. The first-order valence-electron chi connectivity index (χ1n) is 8.92. The van der Waals surface area contributed by atoms with Gasteiger partial charge in [-0.15, -0.1) is 0 Å². The number of nitrogens with zero attached hydrogens (tertiary/aromatic N) is 4. The number of guanidine groups is 1. The van der Waals surface area contributed by atoms with Gasteiger partial charge in [0, 0.05) is 39.3 Å². The summed E-state index contributed by atoms with van der Waals surface area (Å²) in [4.78, 5) is 6.73. The molecule has 1 saturated heterocycles. The zero-order chi connectivity index (χ0) is 17.6. The Morgan fingerprint density at radius 1 is 1.24 bits per heavy atom. The molecular formula is C19H26FN5. The first-order valence-corrected chi connectivity index (χ1v) is 8.92. The van der Waals surface area contributed by atoms with Gasteiger partial charge < -0.3 is 10.2 Å². The second kappa shape index (κ2) is 8.14. The lowest BCUT2D eigenvalue weighted by atomic mass is 10.00. The van der Waals surface area contributed by atoms with Crippen LogP contribution in [-0.2, 0) is 6.42 Å². The molecule has 25 heavy (non-hydrogen) atoms. The lowest BCUT2D eigenvalue weighted by Crippen LogP contribution is -2.45. The molecule has 1 aliphatic rings. The molecule has 6 heteroatoms. The van der Waals surface area contributed by atoms with Crippen LogP contribution in [0.2, 0.25) is 0 Å². The van der Waals surface area contributed by atoms with E-state index in [2.05, 4.69) is 27.2 Å². The van der Waals surface area contributed by atoms with Gasteiger partial charge in [0.2, 0.25) is 0 Å². The van der Waals surface area contributed by atoms with Gasteiger partial charge in [0.15, 0.2) is 5.96 Å². The molecule has 2 aromatic rings. The van der Waals surface area contributed by atoms with Gasteiger partial charge in [-0.25, -0.2) is 9.07 Å². The first kappa shape index (κ1) is 17.5. The summed E-state index contributed by atoms with van der Waals surface area (Å²) in [5, 5.41) is 7.99. The SMILES string of the molecule is CN=C(NCCc1ccn(-c2ccc(F)cc2)n1)N1CCC(C)CC1. The number of halogens is 1. The molecule has 1 aromatic carbocycles. The molecule has 134 valence electrons. The maximum Gasteiger partial charge on any atom is 0.193 e. The number of hydrogen-bond acceptors (Lipinski definition) is 2. The standard InChI is InChI=1S/C19H26FN5/c1-15-8-12-24(13-9-15)19(21-2)22-11-7-17-10-14-25(23-17)18-5-3-16(20)4-6-18/h3-6,10,14-15H,7-9,11-13H2,1-2H3,(H,21,22). The summed E-state index contributed by atoms with van der Waals surface area (Å²) in [6, 6.07) is 8.34. The van der Waals surface area contributed by atoms with E-state index < -0.39 is 0 Å². The van der Waals surface area contributed by atoms with E-state index in [1.54, 1.807) is 16.8 Å². The Bertz CT molecular complexity index is 699. The van der Waals surface area contributed by atoms with E-state index >= 15 is 0 Å². The highest BCUT2D eigenvalue weighted by molar-refractivity contribution is 5.79. The largest absolute Gasteiger partial charge is 0.356 e. The number of nitrogens with one attached hydrogen (secondary N) is 1. The number of piperidine rings is 1. The van der Waals surface area contributed by atoms with Crippen LogP contribution in [-0.4, -0.2) is 47.3 Å². The summed E-state index contributed by atoms with van der Waals surface area (Å²) in [6.07, 6.45) is 5.17. The molecule has 0 unspecified atom stereocenters. The normalized spacial score (nSPS) is 16.3. The van der Waals surface area contributed by atoms with Crippen molar-refractivity contribution >= 4 is 5.96 Å². The summed E-state index contributed by atoms with van der Waals surface area (Å²) in [5.74, 6) is 1.55. The van der Waals surface area contributed by atoms with Crippen molar-refractivity contribution in [3.8, 4) is 5.69 Å². The van der Waals surface area contributed by atoms with Crippen molar-refractivity contribution in [3.63, 3.8) is 0 Å². The number of likely N-dealkylation sites (tertiary alicyclic amines) is 1. The Labute approximate surface area is 148 Å². The van der Waals surface area contributed by atoms with Gasteiger partial charge in [-0.1, -0.05) is 6.92 Å². The molecule has 0 bridgehead atoms. The average molecular weight is 343 g/mol. The Morgan fingerprint density at radius 3 is 2.64 bits per heavy atom. The summed E-state index contributed by atoms with van der Waals surface area (Å²) < 4.78 is 14.8. The van der Waals surface area contributed by atoms with E-state index in [1.165, 1.54) is 25.0 Å². The van der Waals surface area contributed by atoms with Crippen molar-refractivity contribution in [1.29, 1.82) is 0 Å². The van der Waals surface area contributed by atoms with Crippen LogP contribution in [0.25, 0.3) is 5.69 Å². The van der Waals surface area contributed by atoms with Crippen LogP contribution in [0.3, 0.4) is 0 Å². The van der Waals surface area contributed by atoms with E-state index in [0.717, 1.165) is 49.3 Å². The Hall–Kier alpha value is -2.37. The zero-order valence-corrected chi connectivity index (χ0v) is 15.0. The minimum atomic E-state index is -0.237. The second-order valence-corrected chi connectivity index (χ2v) is 6.62. The van der Waals surface area contributed by atoms with Gasteiger partial charge in [-0.05, 0) is 49.1 Å². The maximum absolute atomic E-state index is 13.0. The van der Waals surface area contributed by atoms with Crippen molar-refractivity contribution in [2.45, 2.75) is 26.2 Å². The number of benzene rings is 1. The fraction of sp³-hybridized carbons (Fsp3) is 0.474. The Balaban J connectivity index is 1.51. The minimum Gasteiger partial charge on any atom is -0.356 e. The minimum absolute atomic E-state index is 0.237. The molecule has 2 heterocycles. The Kier molecular flexibility index (Phi) is 5.68. The smallest absolute Gasteiger partial charge is 0.193 e. The zero-order valence-electron chi connectivity index (χ0n) is 15.0. The van der Waals surface area contributed by atoms with Crippen molar-refractivity contribution < 1.29 is 4.39 Å². The van der Waals surface area contributed by atoms with Crippen molar-refractivity contribution in [1.82, 2.24) is 20.0 Å². The lowest BCUT2D eigenvalue weighted by molar-refractivity contribution is 0.273. The number of aliphatic imine (C=N–C) groups is 1. The molecule has 1 aromatic heterocycles. The molecule has 3 rings (SSSR count). The maximum atomic E-state index is 13.0. The van der Waals surface area contributed by atoms with E-state index in [1.807, 2.05) is 19.3 Å². The lowest BCUT2D eigenvalue weighted by Gasteiger charge is -2.32. The van der Waals surface area contributed by atoms with Gasteiger partial charge in [0.05, 0.1) is 11.4 Å². The van der Waals surface area contributed by atoms with Crippen LogP contribution in [0.15, 0.2) is 41.5 Å². The van der Waals surface area contributed by atoms with E-state index in [-0.39, 0.29) is 5.82 Å².